The molecule has 0 spiro atoms. The van der Waals surface area contributed by atoms with Crippen LogP contribution in [-0.2, 0) is 0 Å². The van der Waals surface area contributed by atoms with Crippen LogP contribution in [-0.4, -0.2) is 27.9 Å². The van der Waals surface area contributed by atoms with E-state index in [-0.39, 0.29) is 24.0 Å². The van der Waals surface area contributed by atoms with Crippen molar-refractivity contribution in [2.24, 2.45) is 0 Å². The lowest BCUT2D eigenvalue weighted by Gasteiger charge is -2.33. The van der Waals surface area contributed by atoms with Gasteiger partial charge in [-0.2, -0.15) is 18.3 Å². The third kappa shape index (κ3) is 4.44. The normalized spacial score (nSPS) is 22.6. The van der Waals surface area contributed by atoms with Crippen LogP contribution in [0.2, 0.25) is 0 Å². The predicted molar refractivity (Wildman–Crippen MR) is 107 cm³/mol. The number of halogens is 4. The van der Waals surface area contributed by atoms with E-state index in [1.54, 1.807) is 24.3 Å². The lowest BCUT2D eigenvalue weighted by Crippen LogP contribution is -2.37. The van der Waals surface area contributed by atoms with Crippen LogP contribution in [0.5, 0.6) is 0 Å². The average molecular weight is 471 g/mol. The summed E-state index contributed by atoms with van der Waals surface area (Å²) < 4.78 is 43.0. The Morgan fingerprint density at radius 2 is 1.86 bits per heavy atom. The molecule has 2 heterocycles. The van der Waals surface area contributed by atoms with Gasteiger partial charge in [0.15, 0.2) is 11.7 Å². The maximum absolute atomic E-state index is 13.8. The average Bonchev–Trinajstić information content (AvgIpc) is 3.12. The molecule has 1 fully saturated rings. The molecular weight excluding hydrogens is 449 g/mol. The van der Waals surface area contributed by atoms with E-state index in [2.05, 4.69) is 31.7 Å². The molecule has 2 N–H and O–H groups in total. The van der Waals surface area contributed by atoms with E-state index in [9.17, 15) is 18.0 Å². The zero-order valence-electron chi connectivity index (χ0n) is 15.7. The number of carbonyl (C=O) groups excluding carboxylic acids is 1. The highest BCUT2D eigenvalue weighted by atomic mass is 79.9. The number of fused-ring (bicyclic) bond motifs is 1. The summed E-state index contributed by atoms with van der Waals surface area (Å²) in [6.07, 6.45) is 0.397. The first-order valence-electron chi connectivity index (χ1n) is 9.80. The Kier molecular flexibility index (Phi) is 5.59. The number of carbonyl (C=O) groups is 1. The minimum absolute atomic E-state index is 0.0174. The molecule has 0 radical (unpaired) electrons. The summed E-state index contributed by atoms with van der Waals surface area (Å²) in [4.78, 5) is 12.6. The second-order valence-corrected chi connectivity index (χ2v) is 8.63. The fourth-order valence-corrected chi connectivity index (χ4v) is 4.37. The molecule has 4 rings (SSSR count). The van der Waals surface area contributed by atoms with E-state index in [4.69, 9.17) is 0 Å². The molecular formula is C20H22BrF3N4O. The fraction of sp³-hybridized carbons (Fsp3) is 0.500. The topological polar surface area (TPSA) is 59.0 Å². The van der Waals surface area contributed by atoms with Crippen molar-refractivity contribution in [3.63, 3.8) is 0 Å². The second-order valence-electron chi connectivity index (χ2n) is 7.71. The van der Waals surface area contributed by atoms with E-state index >= 15 is 0 Å². The SMILES string of the molecule is O=C(NC1CCCCC1)c1cc2n(n1)[C@@H](C(F)(F)F)C[C@@H](c1ccc(Br)cc1)N2. The Bertz CT molecular complexity index is 875. The molecule has 156 valence electrons. The van der Waals surface area contributed by atoms with Gasteiger partial charge >= 0.3 is 6.18 Å². The lowest BCUT2D eigenvalue weighted by molar-refractivity contribution is -0.173. The second kappa shape index (κ2) is 8.01. The largest absolute Gasteiger partial charge is 0.410 e. The molecule has 0 bridgehead atoms. The first kappa shape index (κ1) is 20.3. The van der Waals surface area contributed by atoms with Gasteiger partial charge < -0.3 is 10.6 Å². The molecule has 1 aliphatic heterocycles. The summed E-state index contributed by atoms with van der Waals surface area (Å²) in [6.45, 7) is 0. The van der Waals surface area contributed by atoms with E-state index in [0.717, 1.165) is 46.8 Å². The van der Waals surface area contributed by atoms with Gasteiger partial charge in [-0.1, -0.05) is 47.3 Å². The predicted octanol–water partition coefficient (Wildman–Crippen LogP) is 5.37. The first-order chi connectivity index (χ1) is 13.8. The standard InChI is InChI=1S/C20H22BrF3N4O/c21-13-8-6-12(7-9-13)15-10-17(20(22,23)24)28-18(26-15)11-16(27-28)19(29)25-14-4-2-1-3-5-14/h6-9,11,14-15,17,26H,1-5,10H2,(H,25,29)/t15-,17+/m0/s1. The van der Waals surface area contributed by atoms with E-state index in [0.29, 0.717) is 0 Å². The molecule has 29 heavy (non-hydrogen) atoms. The molecule has 1 saturated carbocycles. The smallest absolute Gasteiger partial charge is 0.363 e. The van der Waals surface area contributed by atoms with Crippen molar-refractivity contribution in [2.45, 2.75) is 62.8 Å². The van der Waals surface area contributed by atoms with Gasteiger partial charge in [0.25, 0.3) is 5.91 Å². The molecule has 2 aromatic rings. The highest BCUT2D eigenvalue weighted by Crippen LogP contribution is 2.43. The van der Waals surface area contributed by atoms with Crippen LogP contribution in [0.1, 0.15) is 66.7 Å². The molecule has 1 aromatic heterocycles. The number of nitrogens with one attached hydrogen (secondary N) is 2. The molecule has 2 aliphatic rings. The van der Waals surface area contributed by atoms with Crippen LogP contribution in [0.4, 0.5) is 19.0 Å². The van der Waals surface area contributed by atoms with E-state index < -0.39 is 24.2 Å². The summed E-state index contributed by atoms with van der Waals surface area (Å²) >= 11 is 3.34. The van der Waals surface area contributed by atoms with Crippen molar-refractivity contribution in [2.75, 3.05) is 5.32 Å². The molecule has 1 aromatic carbocycles. The lowest BCUT2D eigenvalue weighted by atomic mass is 9.95. The molecule has 0 saturated heterocycles. The van der Waals surface area contributed by atoms with Gasteiger partial charge in [0.05, 0.1) is 6.04 Å². The van der Waals surface area contributed by atoms with Crippen LogP contribution in [0.3, 0.4) is 0 Å². The van der Waals surface area contributed by atoms with Gasteiger partial charge in [0.2, 0.25) is 0 Å². The summed E-state index contributed by atoms with van der Waals surface area (Å²) in [5.41, 5.74) is 0.770. The van der Waals surface area contributed by atoms with Crippen LogP contribution in [0, 0.1) is 0 Å². The number of alkyl halides is 3. The Labute approximate surface area is 175 Å². The number of aromatic nitrogens is 2. The van der Waals surface area contributed by atoms with Crippen LogP contribution in [0.15, 0.2) is 34.8 Å². The molecule has 0 unspecified atom stereocenters. The maximum Gasteiger partial charge on any atom is 0.410 e. The van der Waals surface area contributed by atoms with Gasteiger partial charge in [-0.3, -0.25) is 4.79 Å². The first-order valence-corrected chi connectivity index (χ1v) is 10.6. The van der Waals surface area contributed by atoms with E-state index in [1.807, 2.05) is 0 Å². The number of rotatable bonds is 3. The van der Waals surface area contributed by atoms with Crippen LogP contribution < -0.4 is 10.6 Å². The zero-order valence-corrected chi connectivity index (χ0v) is 17.3. The highest BCUT2D eigenvalue weighted by molar-refractivity contribution is 9.10. The van der Waals surface area contributed by atoms with Gasteiger partial charge in [0, 0.05) is 23.0 Å². The third-order valence-corrected chi connectivity index (χ3v) is 6.16. The van der Waals surface area contributed by atoms with Crippen molar-refractivity contribution >= 4 is 27.7 Å². The maximum atomic E-state index is 13.8. The number of benzene rings is 1. The number of hydrogen-bond acceptors (Lipinski definition) is 3. The monoisotopic (exact) mass is 470 g/mol. The summed E-state index contributed by atoms with van der Waals surface area (Å²) in [6, 6.07) is 6.36. The number of amides is 1. The van der Waals surface area contributed by atoms with Gasteiger partial charge in [0.1, 0.15) is 5.82 Å². The quantitative estimate of drug-likeness (QED) is 0.633. The molecule has 9 heteroatoms. The summed E-state index contributed by atoms with van der Waals surface area (Å²) in [5, 5.41) is 10.1. The molecule has 5 nitrogen and oxygen atoms in total. The Hall–Kier alpha value is -2.03. The van der Waals surface area contributed by atoms with E-state index in [1.165, 1.54) is 6.07 Å². The van der Waals surface area contributed by atoms with Crippen molar-refractivity contribution in [1.29, 1.82) is 0 Å². The van der Waals surface area contributed by atoms with Crippen molar-refractivity contribution < 1.29 is 18.0 Å². The van der Waals surface area contributed by atoms with Crippen molar-refractivity contribution in [3.8, 4) is 0 Å². The summed E-state index contributed by atoms with van der Waals surface area (Å²) in [7, 11) is 0. The fourth-order valence-electron chi connectivity index (χ4n) is 4.10. The Morgan fingerprint density at radius 1 is 1.17 bits per heavy atom. The van der Waals surface area contributed by atoms with Crippen molar-refractivity contribution in [3.05, 3.63) is 46.1 Å². The van der Waals surface area contributed by atoms with Gasteiger partial charge in [-0.25, -0.2) is 4.68 Å². The molecule has 1 amide bonds. The molecule has 1 aliphatic carbocycles. The Morgan fingerprint density at radius 3 is 2.52 bits per heavy atom. The van der Waals surface area contributed by atoms with Gasteiger partial charge in [-0.15, -0.1) is 0 Å². The van der Waals surface area contributed by atoms with Gasteiger partial charge in [-0.05, 0) is 30.5 Å². The van der Waals surface area contributed by atoms with Crippen LogP contribution in [0.25, 0.3) is 0 Å². The zero-order chi connectivity index (χ0) is 20.6. The number of nitrogens with zero attached hydrogens (tertiary/aromatic N) is 2. The number of hydrogen-bond donors (Lipinski definition) is 2. The van der Waals surface area contributed by atoms with Crippen molar-refractivity contribution in [1.82, 2.24) is 15.1 Å². The minimum Gasteiger partial charge on any atom is -0.363 e. The molecule has 2 atom stereocenters. The minimum atomic E-state index is -4.46. The summed E-state index contributed by atoms with van der Waals surface area (Å²) in [5.74, 6) is -0.206. The Balaban J connectivity index is 1.59. The highest BCUT2D eigenvalue weighted by Gasteiger charge is 2.46. The number of anilines is 1. The third-order valence-electron chi connectivity index (χ3n) is 5.64. The van der Waals surface area contributed by atoms with Crippen LogP contribution >= 0.6 is 15.9 Å².